The van der Waals surface area contributed by atoms with Crippen molar-refractivity contribution in [2.75, 3.05) is 23.0 Å². The Morgan fingerprint density at radius 3 is 1.65 bits per heavy atom. The van der Waals surface area contributed by atoms with Gasteiger partial charge in [0.15, 0.2) is 5.12 Å². The van der Waals surface area contributed by atoms with E-state index in [1.165, 1.54) is 77.2 Å². The number of hydrogen-bond acceptors (Lipinski definition) is 19. The van der Waals surface area contributed by atoms with Crippen molar-refractivity contribution in [2.24, 2.45) is 21.8 Å². The molecule has 74 heavy (non-hydrogen) atoms. The predicted molar refractivity (Wildman–Crippen MR) is 296 cm³/mol. The van der Waals surface area contributed by atoms with Gasteiger partial charge in [-0.25, -0.2) is 19.6 Å². The second-order valence-corrected chi connectivity index (χ2v) is 24.4. The molecule has 6 heterocycles. The monoisotopic (exact) mass is 1180 g/mol. The van der Waals surface area contributed by atoms with Crippen LogP contribution in [-0.2, 0) is 88.2 Å². The van der Waals surface area contributed by atoms with Gasteiger partial charge in [-0.1, -0.05) is 90.6 Å². The quantitative estimate of drug-likeness (QED) is 0.0462. The van der Waals surface area contributed by atoms with Crippen LogP contribution in [0.15, 0.2) is 45.0 Å². The summed E-state index contributed by atoms with van der Waals surface area (Å²) in [5.74, 6) is -0.842. The summed E-state index contributed by atoms with van der Waals surface area (Å²) in [5, 5.41) is 18.1. The first-order chi connectivity index (χ1) is 34.8. The summed E-state index contributed by atoms with van der Waals surface area (Å²) in [4.78, 5) is 108. The number of aliphatic imine (C=N–C) groups is 2. The van der Waals surface area contributed by atoms with E-state index >= 15 is 0 Å². The summed E-state index contributed by atoms with van der Waals surface area (Å²) in [6.07, 6.45) is 12.7. The summed E-state index contributed by atoms with van der Waals surface area (Å²) in [7, 11) is 0. The van der Waals surface area contributed by atoms with Gasteiger partial charge in [0.05, 0.1) is 25.9 Å². The van der Waals surface area contributed by atoms with Crippen LogP contribution in [0.1, 0.15) is 134 Å². The predicted octanol–water partition coefficient (Wildman–Crippen LogP) is 6.99. The van der Waals surface area contributed by atoms with Gasteiger partial charge in [-0.3, -0.25) is 34.0 Å². The number of nitrogens with one attached hydrogen (secondary N) is 4. The van der Waals surface area contributed by atoms with E-state index in [9.17, 15) is 33.6 Å². The molecule has 4 amide bonds. The zero-order valence-corrected chi connectivity index (χ0v) is 51.2. The minimum Gasteiger partial charge on any atom is -0.792 e. The number of nitrogens with zero attached hydrogens (tertiary/aromatic N) is 4. The third-order valence-corrected chi connectivity index (χ3v) is 17.3. The van der Waals surface area contributed by atoms with Gasteiger partial charge in [-0.2, -0.15) is 5.75 Å². The molecule has 0 saturated carbocycles. The molecule has 2 aromatic rings. The van der Waals surface area contributed by atoms with Gasteiger partial charge in [-0.05, 0) is 50.7 Å². The van der Waals surface area contributed by atoms with Gasteiger partial charge in [0.2, 0.25) is 23.6 Å². The summed E-state index contributed by atoms with van der Waals surface area (Å²) in [6.45, 7) is 13.5. The minimum absolute atomic E-state index is 0. The average Bonchev–Trinajstić information content (AvgIpc) is 4.18. The van der Waals surface area contributed by atoms with E-state index in [0.717, 1.165) is 22.9 Å². The molecule has 0 radical (unpaired) electrons. The molecule has 2 aromatic heterocycles. The maximum atomic E-state index is 13.3. The van der Waals surface area contributed by atoms with Crippen molar-refractivity contribution >= 4 is 121 Å². The second kappa shape index (κ2) is 31.1. The van der Waals surface area contributed by atoms with Crippen LogP contribution in [-0.4, -0.2) is 119 Å². The van der Waals surface area contributed by atoms with Crippen LogP contribution in [0.4, 0.5) is 0 Å². The molecule has 400 valence electrons. The summed E-state index contributed by atoms with van der Waals surface area (Å²) in [5.41, 5.74) is -0.670. The zero-order chi connectivity index (χ0) is 53.1. The Morgan fingerprint density at radius 1 is 0.743 bits per heavy atom. The van der Waals surface area contributed by atoms with Crippen LogP contribution in [0.3, 0.4) is 0 Å². The van der Waals surface area contributed by atoms with Crippen LogP contribution in [0.5, 0.6) is 0 Å². The number of amides is 4. The van der Waals surface area contributed by atoms with Crippen molar-refractivity contribution in [3.05, 3.63) is 56.5 Å². The number of rotatable bonds is 15. The van der Waals surface area contributed by atoms with Gasteiger partial charge >= 0.3 is 31.4 Å². The van der Waals surface area contributed by atoms with E-state index in [4.69, 9.17) is 22.1 Å². The number of carbonyl (C=O) groups excluding carboxylic acids is 7. The molecular formula is C50H69N8O9S6Zn+. The molecule has 0 aromatic carbocycles. The molecule has 17 nitrogen and oxygen atoms in total. The molecule has 24 heteroatoms. The number of hydrogen-bond donors (Lipinski definition) is 4. The Balaban J connectivity index is 0.000000325. The molecule has 4 aliphatic rings. The molecule has 0 saturated heterocycles. The fourth-order valence-electron chi connectivity index (χ4n) is 7.41. The smallest absolute Gasteiger partial charge is 0.792 e. The summed E-state index contributed by atoms with van der Waals surface area (Å²) < 4.78 is 11.4. The van der Waals surface area contributed by atoms with E-state index in [1.807, 2.05) is 44.5 Å². The molecule has 0 aliphatic carbocycles. The number of thioether (sulfide) groups is 3. The zero-order valence-electron chi connectivity index (χ0n) is 43.4. The number of ether oxygens (including phenoxy) is 2. The third kappa shape index (κ3) is 19.6. The fraction of sp³-hybridized carbons (Fsp3) is 0.620. The van der Waals surface area contributed by atoms with Gasteiger partial charge in [-0.15, -0.1) is 46.2 Å². The Morgan fingerprint density at radius 2 is 1.20 bits per heavy atom. The summed E-state index contributed by atoms with van der Waals surface area (Å²) >= 11 is 12.0. The average molecular weight is 1180 g/mol. The fourth-order valence-corrected chi connectivity index (χ4v) is 12.2. The molecule has 6 atom stereocenters. The molecule has 8 bridgehead atoms. The number of allylic oxidation sites excluding steroid dienone is 2. The van der Waals surface area contributed by atoms with E-state index < -0.39 is 47.3 Å². The largest absolute Gasteiger partial charge is 2.00 e. The van der Waals surface area contributed by atoms with Crippen molar-refractivity contribution in [3.8, 4) is 0 Å². The van der Waals surface area contributed by atoms with Crippen molar-refractivity contribution in [1.82, 2.24) is 31.2 Å². The van der Waals surface area contributed by atoms with E-state index in [2.05, 4.69) is 48.1 Å². The maximum Gasteiger partial charge on any atom is 2.00 e. The molecule has 0 fully saturated rings. The van der Waals surface area contributed by atoms with E-state index in [1.54, 1.807) is 32.1 Å². The second-order valence-electron chi connectivity index (χ2n) is 19.0. The Bertz CT molecular complexity index is 2390. The topological polar surface area (TPSA) is 237 Å². The maximum absolute atomic E-state index is 13.3. The van der Waals surface area contributed by atoms with Crippen LogP contribution < -0.4 is 21.3 Å². The van der Waals surface area contributed by atoms with Crippen molar-refractivity contribution in [1.29, 1.82) is 0 Å². The Hall–Kier alpha value is -3.41. The van der Waals surface area contributed by atoms with Crippen molar-refractivity contribution < 1.29 is 62.5 Å². The van der Waals surface area contributed by atoms with Crippen LogP contribution in [0.2, 0.25) is 0 Å². The minimum atomic E-state index is -1.04. The van der Waals surface area contributed by atoms with Crippen molar-refractivity contribution in [2.45, 2.75) is 161 Å². The number of carbonyl (C=O) groups is 7. The molecule has 4 N–H and O–H groups in total. The van der Waals surface area contributed by atoms with Gasteiger partial charge in [0, 0.05) is 34.4 Å². The summed E-state index contributed by atoms with van der Waals surface area (Å²) in [6, 6.07) is -1.76. The standard InChI is InChI=1S/C29H42N4O5S3.C21H28N4O4S3.Zn/c1-5-6-7-8-9-13-24(35)39-14-11-10-12-20-15-22(34)30-16-23-31-21(17-40-23)26-33-29(4,18-41-26)28(37)32-25(19(2)3)27(36)38-20;1-12(2)17-19(27)29-13(6-4-5-7-30)8-15(26)22-9-16-23-14(10-31-16)18-25-21(3,11-32-18)20(28)24-17;/h10,12,17,19-20,25H,5-9,11,13-16,18H2,1-4H3,(H,30,34)(H,32,37);4,6,10,12-13,17,30H,5,7-9,11H2,1-3H3,(H,22,26)(H,24,28);/q;;+2/p-1/b12-10+;6-4+;/t20-,25+,29+;13-,17+,21+;/m11./s1. The first-order valence-electron chi connectivity index (χ1n) is 24.8. The number of thiazole rings is 2. The van der Waals surface area contributed by atoms with E-state index in [-0.39, 0.29) is 86.0 Å². The third-order valence-electron chi connectivity index (χ3n) is 11.8. The number of unbranched alkanes of at least 4 members (excludes halogenated alkanes) is 4. The number of aromatic nitrogens is 2. The number of fused-ring (bicyclic) bond motifs is 8. The van der Waals surface area contributed by atoms with Gasteiger partial charge < -0.3 is 43.4 Å². The van der Waals surface area contributed by atoms with Crippen LogP contribution in [0.25, 0.3) is 0 Å². The first-order valence-corrected chi connectivity index (χ1v) is 30.1. The number of esters is 2. The SMILES string of the molecule is CC(C)[C@@H]1NC(=O)[C@]2(C)CSC(=N2)c2csc(n2)CNC(=O)C[C@@H](/C=C/CC[S-])OC1=O.CCCCCCCC(=O)SCC/C=C/[C@@H]1CC(=O)NCc2nc(cs2)C2=N[C@@](C)(CS2)C(=O)N[C@@H](C(C)C)C(=O)O1.[Zn+2]. The Labute approximate surface area is 474 Å². The number of cyclic esters (lactones) is 2. The Kier molecular flexibility index (Phi) is 26.5. The normalized spacial score (nSPS) is 25.0. The molecular weight excluding hydrogens is 1110 g/mol. The molecule has 0 unspecified atom stereocenters. The van der Waals surface area contributed by atoms with Crippen LogP contribution >= 0.6 is 58.0 Å². The van der Waals surface area contributed by atoms with E-state index in [0.29, 0.717) is 63.7 Å². The first kappa shape index (κ1) is 63.1. The molecule has 0 spiro atoms. The van der Waals surface area contributed by atoms with Gasteiger partial charge in [0.25, 0.3) is 0 Å². The molecule has 4 aliphatic heterocycles. The van der Waals surface area contributed by atoms with Gasteiger partial charge in [0.1, 0.15) is 66.9 Å². The molecule has 6 rings (SSSR count). The van der Waals surface area contributed by atoms with Crippen molar-refractivity contribution in [3.63, 3.8) is 0 Å². The van der Waals surface area contributed by atoms with Crippen LogP contribution in [0, 0.1) is 11.8 Å².